The summed E-state index contributed by atoms with van der Waals surface area (Å²) in [6, 6.07) is 0. The third-order valence-electron chi connectivity index (χ3n) is 16.3. The van der Waals surface area contributed by atoms with Gasteiger partial charge < -0.3 is 33.8 Å². The van der Waals surface area contributed by atoms with Crippen molar-refractivity contribution in [2.75, 3.05) is 39.6 Å². The lowest BCUT2D eigenvalue weighted by Crippen LogP contribution is -2.30. The molecule has 0 aromatic carbocycles. The van der Waals surface area contributed by atoms with Crippen molar-refractivity contribution in [3.8, 4) is 0 Å². The van der Waals surface area contributed by atoms with Gasteiger partial charge in [0.05, 0.1) is 26.4 Å². The Morgan fingerprint density at radius 2 is 0.552 bits per heavy atom. The van der Waals surface area contributed by atoms with E-state index in [0.717, 1.165) is 114 Å². The van der Waals surface area contributed by atoms with E-state index in [1.807, 2.05) is 0 Å². The third kappa shape index (κ3) is 60.1. The number of hydrogen-bond donors (Lipinski definition) is 3. The number of ether oxygens (including phenoxy) is 4. The average molecular weight is 1280 g/mol. The molecule has 0 bridgehead atoms. The molecule has 19 heteroatoms. The van der Waals surface area contributed by atoms with E-state index in [4.69, 9.17) is 37.0 Å². The molecule has 0 aliphatic carbocycles. The number of phosphoric acid groups is 2. The van der Waals surface area contributed by atoms with Crippen LogP contribution in [-0.4, -0.2) is 96.7 Å². The molecule has 0 heterocycles. The monoisotopic (exact) mass is 1280 g/mol. The SMILES string of the molecule is CCC(C)CCCCCCCCCCCCC(=O)OC[C@H](COP(=O)(O)OCC(O)COP(=O)(O)OC[C@@H](COC(=O)CCCCCCCCCC(C)C)OC(=O)CCCCCCCCCCC(C)C)OC(=O)CCCCCCCCCCC(C)CC. The Morgan fingerprint density at radius 1 is 0.322 bits per heavy atom. The second-order valence-corrected chi connectivity index (χ2v) is 28.9. The Kier molecular flexibility index (Phi) is 56.6. The normalized spacial score (nSPS) is 15.0. The van der Waals surface area contributed by atoms with Crippen molar-refractivity contribution < 1.29 is 80.2 Å². The molecule has 516 valence electrons. The lowest BCUT2D eigenvalue weighted by atomic mass is 9.99. The van der Waals surface area contributed by atoms with E-state index in [0.29, 0.717) is 31.6 Å². The summed E-state index contributed by atoms with van der Waals surface area (Å²) in [5, 5.41) is 10.6. The second-order valence-electron chi connectivity index (χ2n) is 26.0. The first-order valence-corrected chi connectivity index (χ1v) is 38.3. The molecule has 0 aliphatic heterocycles. The second kappa shape index (κ2) is 57.9. The summed E-state index contributed by atoms with van der Waals surface area (Å²) in [5.74, 6) is 0.867. The molecule has 0 spiro atoms. The zero-order valence-electron chi connectivity index (χ0n) is 56.6. The molecule has 0 aromatic heterocycles. The fraction of sp³-hybridized carbons (Fsp3) is 0.941. The molecule has 7 atom stereocenters. The molecule has 17 nitrogen and oxygen atoms in total. The molecule has 0 fully saturated rings. The van der Waals surface area contributed by atoms with Crippen LogP contribution in [0.2, 0.25) is 0 Å². The Balaban J connectivity index is 5.26. The van der Waals surface area contributed by atoms with Crippen LogP contribution in [0.15, 0.2) is 0 Å². The highest BCUT2D eigenvalue weighted by atomic mass is 31.2. The van der Waals surface area contributed by atoms with Crippen LogP contribution in [0.3, 0.4) is 0 Å². The van der Waals surface area contributed by atoms with E-state index in [1.165, 1.54) is 128 Å². The summed E-state index contributed by atoms with van der Waals surface area (Å²) >= 11 is 0. The fourth-order valence-electron chi connectivity index (χ4n) is 10.1. The zero-order chi connectivity index (χ0) is 64.7. The van der Waals surface area contributed by atoms with Gasteiger partial charge in [-0.2, -0.15) is 0 Å². The molecule has 0 radical (unpaired) electrons. The van der Waals surface area contributed by atoms with E-state index in [-0.39, 0.29) is 25.7 Å². The topological polar surface area (TPSA) is 237 Å². The summed E-state index contributed by atoms with van der Waals surface area (Å²) in [6.45, 7) is 14.1. The van der Waals surface area contributed by atoms with Crippen LogP contribution in [0.5, 0.6) is 0 Å². The van der Waals surface area contributed by atoms with Gasteiger partial charge in [0.25, 0.3) is 0 Å². The highest BCUT2D eigenvalue weighted by Gasteiger charge is 2.30. The molecule has 0 amide bonds. The van der Waals surface area contributed by atoms with Crippen molar-refractivity contribution in [1.29, 1.82) is 0 Å². The number of esters is 4. The largest absolute Gasteiger partial charge is 0.472 e. The highest BCUT2D eigenvalue weighted by Crippen LogP contribution is 2.45. The smallest absolute Gasteiger partial charge is 0.462 e. The predicted molar refractivity (Wildman–Crippen MR) is 349 cm³/mol. The molecule has 5 unspecified atom stereocenters. The van der Waals surface area contributed by atoms with Gasteiger partial charge in [-0.05, 0) is 49.4 Å². The minimum absolute atomic E-state index is 0.103. The van der Waals surface area contributed by atoms with Gasteiger partial charge in [-0.3, -0.25) is 37.3 Å². The van der Waals surface area contributed by atoms with Gasteiger partial charge in [0.15, 0.2) is 12.2 Å². The summed E-state index contributed by atoms with van der Waals surface area (Å²) in [7, 11) is -9.90. The maximum atomic E-state index is 13.0. The van der Waals surface area contributed by atoms with E-state index in [9.17, 15) is 43.2 Å². The van der Waals surface area contributed by atoms with Crippen molar-refractivity contribution in [2.24, 2.45) is 23.7 Å². The first kappa shape index (κ1) is 85.1. The first-order chi connectivity index (χ1) is 41.7. The maximum absolute atomic E-state index is 13.0. The molecular formula is C68H132O17P2. The van der Waals surface area contributed by atoms with Gasteiger partial charge >= 0.3 is 39.5 Å². The van der Waals surface area contributed by atoms with E-state index >= 15 is 0 Å². The maximum Gasteiger partial charge on any atom is 0.472 e. The van der Waals surface area contributed by atoms with Crippen molar-refractivity contribution in [2.45, 2.75) is 350 Å². The van der Waals surface area contributed by atoms with Gasteiger partial charge in [0.1, 0.15) is 19.3 Å². The molecule has 0 rings (SSSR count). The third-order valence-corrected chi connectivity index (χ3v) is 18.2. The minimum atomic E-state index is -4.95. The quantitative estimate of drug-likeness (QED) is 0.0222. The van der Waals surface area contributed by atoms with Crippen LogP contribution in [0.1, 0.15) is 331 Å². The lowest BCUT2D eigenvalue weighted by Gasteiger charge is -2.21. The molecule has 3 N–H and O–H groups in total. The number of hydrogen-bond acceptors (Lipinski definition) is 15. The molecule has 0 aliphatic rings. The summed E-state index contributed by atoms with van der Waals surface area (Å²) in [4.78, 5) is 72.4. The number of aliphatic hydroxyl groups is 1. The van der Waals surface area contributed by atoms with Crippen molar-refractivity contribution in [3.05, 3.63) is 0 Å². The minimum Gasteiger partial charge on any atom is -0.462 e. The first-order valence-electron chi connectivity index (χ1n) is 35.3. The van der Waals surface area contributed by atoms with Crippen LogP contribution in [0.25, 0.3) is 0 Å². The summed E-state index contributed by atoms with van der Waals surface area (Å²) in [6.07, 6.45) is 38.9. The van der Waals surface area contributed by atoms with Crippen molar-refractivity contribution in [3.63, 3.8) is 0 Å². The number of aliphatic hydroxyl groups excluding tert-OH is 1. The van der Waals surface area contributed by atoms with Crippen LogP contribution >= 0.6 is 15.6 Å². The predicted octanol–water partition coefficient (Wildman–Crippen LogP) is 18.9. The fourth-order valence-corrected chi connectivity index (χ4v) is 11.7. The molecule has 0 saturated heterocycles. The number of carbonyl (C=O) groups excluding carboxylic acids is 4. The standard InChI is InChI=1S/C68H132O17P2/c1-9-60(7)46-38-30-22-13-11-12-14-24-32-40-48-65(70)78-54-63(85-68(73)51-43-35-26-18-16-23-31-39-47-61(8)10-2)56-82-86(74,75)80-52-62(69)53-81-87(76,77)83-57-64(55-79-66(71)49-41-33-27-19-21-29-37-45-59(5)6)84-67(72)50-42-34-25-17-15-20-28-36-44-58(3)4/h58-64,69H,9-57H2,1-8H3,(H,74,75)(H,76,77)/t60?,61?,62?,63-,64-/m1/s1. The lowest BCUT2D eigenvalue weighted by molar-refractivity contribution is -0.161. The molecule has 0 saturated carbocycles. The Hall–Kier alpha value is -1.94. The Bertz CT molecular complexity index is 1730. The van der Waals surface area contributed by atoms with E-state index in [2.05, 4.69) is 55.4 Å². The highest BCUT2D eigenvalue weighted by molar-refractivity contribution is 7.47. The van der Waals surface area contributed by atoms with Crippen LogP contribution in [0, 0.1) is 23.7 Å². The van der Waals surface area contributed by atoms with Crippen LogP contribution < -0.4 is 0 Å². The zero-order valence-corrected chi connectivity index (χ0v) is 58.4. The molecular weight excluding hydrogens is 1150 g/mol. The molecule has 87 heavy (non-hydrogen) atoms. The Labute approximate surface area is 530 Å². The van der Waals surface area contributed by atoms with Crippen molar-refractivity contribution >= 4 is 39.5 Å². The number of carbonyl (C=O) groups is 4. The van der Waals surface area contributed by atoms with Gasteiger partial charge in [0, 0.05) is 25.7 Å². The number of phosphoric ester groups is 2. The van der Waals surface area contributed by atoms with E-state index in [1.54, 1.807) is 0 Å². The molecule has 0 aromatic rings. The number of unbranched alkanes of at least 4 members (excludes halogenated alkanes) is 29. The Morgan fingerprint density at radius 3 is 0.816 bits per heavy atom. The summed E-state index contributed by atoms with van der Waals surface area (Å²) < 4.78 is 68.2. The van der Waals surface area contributed by atoms with E-state index < -0.39 is 97.5 Å². The van der Waals surface area contributed by atoms with Crippen LogP contribution in [0.4, 0.5) is 0 Å². The van der Waals surface area contributed by atoms with Crippen molar-refractivity contribution in [1.82, 2.24) is 0 Å². The van der Waals surface area contributed by atoms with Gasteiger partial charge in [-0.1, -0.05) is 280 Å². The van der Waals surface area contributed by atoms with Gasteiger partial charge in [-0.15, -0.1) is 0 Å². The van der Waals surface area contributed by atoms with Gasteiger partial charge in [0.2, 0.25) is 0 Å². The van der Waals surface area contributed by atoms with Gasteiger partial charge in [-0.25, -0.2) is 9.13 Å². The van der Waals surface area contributed by atoms with Crippen LogP contribution in [-0.2, 0) is 65.4 Å². The summed E-state index contributed by atoms with van der Waals surface area (Å²) in [5.41, 5.74) is 0. The number of rotatable bonds is 65. The average Bonchev–Trinajstić information content (AvgIpc) is 3.67.